The van der Waals surface area contributed by atoms with Gasteiger partial charge in [0.2, 0.25) is 11.8 Å². The number of hydrogen-bond donors (Lipinski definition) is 4. The van der Waals surface area contributed by atoms with E-state index in [0.717, 1.165) is 5.56 Å². The van der Waals surface area contributed by atoms with Crippen molar-refractivity contribution in [2.24, 2.45) is 0 Å². The fourth-order valence-electron chi connectivity index (χ4n) is 3.62. The van der Waals surface area contributed by atoms with Crippen molar-refractivity contribution in [2.45, 2.75) is 70.4 Å². The minimum absolute atomic E-state index is 0.0851. The average Bonchev–Trinajstić information content (AvgIpc) is 2.88. The van der Waals surface area contributed by atoms with Crippen LogP contribution in [0.25, 0.3) is 0 Å². The van der Waals surface area contributed by atoms with Gasteiger partial charge in [0.25, 0.3) is 0 Å². The van der Waals surface area contributed by atoms with Crippen LogP contribution < -0.4 is 16.0 Å². The Morgan fingerprint density at radius 2 is 1.32 bits per heavy atom. The molecule has 2 rings (SSSR count). The van der Waals surface area contributed by atoms with Gasteiger partial charge in [0.1, 0.15) is 23.7 Å². The predicted molar refractivity (Wildman–Crippen MR) is 142 cm³/mol. The van der Waals surface area contributed by atoms with E-state index >= 15 is 0 Å². The van der Waals surface area contributed by atoms with Crippen LogP contribution in [-0.2, 0) is 36.7 Å². The van der Waals surface area contributed by atoms with Gasteiger partial charge in [-0.1, -0.05) is 60.7 Å². The van der Waals surface area contributed by atoms with Crippen LogP contribution in [0.5, 0.6) is 0 Å². The smallest absolute Gasteiger partial charge is 0.408 e. The summed E-state index contributed by atoms with van der Waals surface area (Å²) in [4.78, 5) is 50.4. The lowest BCUT2D eigenvalue weighted by Gasteiger charge is -2.26. The lowest BCUT2D eigenvalue weighted by atomic mass is 10.0. The molecule has 218 valence electrons. The van der Waals surface area contributed by atoms with Crippen molar-refractivity contribution >= 4 is 23.9 Å². The summed E-state index contributed by atoms with van der Waals surface area (Å²) in [5.41, 5.74) is 0.622. The Hall–Kier alpha value is -4.06. The number of aliphatic carboxylic acids is 1. The number of ether oxygens (including phenoxy) is 2. The van der Waals surface area contributed by atoms with Crippen LogP contribution in [0.3, 0.4) is 0 Å². The molecule has 40 heavy (non-hydrogen) atoms. The first kappa shape index (κ1) is 32.2. The molecule has 0 spiro atoms. The van der Waals surface area contributed by atoms with Crippen LogP contribution in [-0.4, -0.2) is 65.9 Å². The van der Waals surface area contributed by atoms with E-state index in [1.807, 2.05) is 30.3 Å². The van der Waals surface area contributed by atoms with E-state index in [0.29, 0.717) is 12.0 Å². The molecule has 0 aliphatic carbocycles. The summed E-state index contributed by atoms with van der Waals surface area (Å²) in [5, 5.41) is 16.7. The van der Waals surface area contributed by atoms with Crippen molar-refractivity contribution < 1.29 is 42.5 Å². The summed E-state index contributed by atoms with van der Waals surface area (Å²) < 4.78 is 35.2. The molecule has 0 aliphatic heterocycles. The average molecular weight is 564 g/mol. The first-order valence-electron chi connectivity index (χ1n) is 12.6. The number of nitrogens with one attached hydrogen (secondary N) is 3. The van der Waals surface area contributed by atoms with Gasteiger partial charge in [-0.15, -0.1) is 0 Å². The molecule has 3 amide bonds. The molecule has 2 aromatic carbocycles. The zero-order valence-corrected chi connectivity index (χ0v) is 22.6. The van der Waals surface area contributed by atoms with Gasteiger partial charge in [-0.3, -0.25) is 9.59 Å². The fourth-order valence-corrected chi connectivity index (χ4v) is 3.62. The van der Waals surface area contributed by atoms with Crippen molar-refractivity contribution in [1.29, 1.82) is 0 Å². The van der Waals surface area contributed by atoms with E-state index in [1.165, 1.54) is 0 Å². The van der Waals surface area contributed by atoms with Gasteiger partial charge in [0.15, 0.2) is 0 Å². The molecular weight excluding hydrogens is 528 g/mol. The van der Waals surface area contributed by atoms with Crippen LogP contribution in [0, 0.1) is 0 Å². The van der Waals surface area contributed by atoms with Crippen LogP contribution in [0.15, 0.2) is 60.7 Å². The van der Waals surface area contributed by atoms with E-state index in [-0.39, 0.29) is 12.8 Å². The quantitative estimate of drug-likeness (QED) is 0.277. The third-order valence-corrected chi connectivity index (χ3v) is 5.49. The van der Waals surface area contributed by atoms with Crippen LogP contribution in [0.4, 0.5) is 13.6 Å². The number of carboxylic acid groups (broad SMARTS) is 1. The highest BCUT2D eigenvalue weighted by Crippen LogP contribution is 2.10. The third-order valence-electron chi connectivity index (χ3n) is 5.49. The van der Waals surface area contributed by atoms with Crippen molar-refractivity contribution in [3.8, 4) is 0 Å². The van der Waals surface area contributed by atoms with Crippen molar-refractivity contribution in [2.75, 3.05) is 6.61 Å². The van der Waals surface area contributed by atoms with Gasteiger partial charge < -0.3 is 30.5 Å². The molecule has 2 aromatic rings. The van der Waals surface area contributed by atoms with Gasteiger partial charge >= 0.3 is 18.7 Å². The van der Waals surface area contributed by atoms with E-state index in [9.17, 15) is 33.1 Å². The molecule has 12 heteroatoms. The number of alkyl carbamates (subject to hydrolysis) is 1. The van der Waals surface area contributed by atoms with Gasteiger partial charge in [0, 0.05) is 6.42 Å². The lowest BCUT2D eigenvalue weighted by molar-refractivity contribution is -0.150. The summed E-state index contributed by atoms with van der Waals surface area (Å²) in [6, 6.07) is 13.3. The molecule has 0 fully saturated rings. The zero-order chi connectivity index (χ0) is 29.7. The number of amides is 3. The van der Waals surface area contributed by atoms with Gasteiger partial charge in [-0.2, -0.15) is 8.78 Å². The molecule has 0 bridgehead atoms. The van der Waals surface area contributed by atoms with E-state index < -0.39 is 60.8 Å². The second-order valence-electron chi connectivity index (χ2n) is 9.97. The van der Waals surface area contributed by atoms with Gasteiger partial charge in [0.05, 0.1) is 6.61 Å². The highest BCUT2D eigenvalue weighted by Gasteiger charge is 2.31. The standard InChI is InChI=1S/C28H35F2N3O7/c1-28(2,3)40-27(38)33-20(15-14-18-10-6-4-7-11-18)23(34)32-22(17-39-26(29)30)24(35)31-21(25(36)37)16-19-12-8-5-9-13-19/h4-13,20-22,26H,14-17H2,1-3H3,(H,31,35)(H,32,34)(H,33,38)(H,36,37)/t20-,21-,22-/m0/s1. The monoisotopic (exact) mass is 563 g/mol. The number of alkyl halides is 2. The molecule has 0 aromatic heterocycles. The van der Waals surface area contributed by atoms with Crippen LogP contribution >= 0.6 is 0 Å². The topological polar surface area (TPSA) is 143 Å². The van der Waals surface area contributed by atoms with E-state index in [4.69, 9.17) is 4.74 Å². The number of carboxylic acids is 1. The largest absolute Gasteiger partial charge is 0.480 e. The maximum absolute atomic E-state index is 13.2. The normalized spacial score (nSPS) is 13.6. The molecule has 0 saturated heterocycles. The second kappa shape index (κ2) is 15.5. The Morgan fingerprint density at radius 1 is 0.800 bits per heavy atom. The predicted octanol–water partition coefficient (Wildman–Crippen LogP) is 3.05. The number of hydrogen-bond acceptors (Lipinski definition) is 6. The highest BCUT2D eigenvalue weighted by molar-refractivity contribution is 5.93. The minimum Gasteiger partial charge on any atom is -0.480 e. The molecule has 0 saturated carbocycles. The number of halogens is 2. The Balaban J connectivity index is 2.19. The molecular formula is C28H35F2N3O7. The molecule has 3 atom stereocenters. The van der Waals surface area contributed by atoms with E-state index in [2.05, 4.69) is 20.7 Å². The molecule has 0 heterocycles. The Kier molecular flexibility index (Phi) is 12.5. The second-order valence-corrected chi connectivity index (χ2v) is 9.97. The number of aryl methyl sites for hydroxylation is 1. The van der Waals surface area contributed by atoms with Crippen molar-refractivity contribution in [1.82, 2.24) is 16.0 Å². The number of carbonyl (C=O) groups is 4. The summed E-state index contributed by atoms with van der Waals surface area (Å²) in [7, 11) is 0. The molecule has 0 unspecified atom stereocenters. The zero-order valence-electron chi connectivity index (χ0n) is 22.6. The molecule has 10 nitrogen and oxygen atoms in total. The van der Waals surface area contributed by atoms with Gasteiger partial charge in [-0.05, 0) is 44.7 Å². The Bertz CT molecular complexity index is 1110. The van der Waals surface area contributed by atoms with Crippen molar-refractivity contribution in [3.63, 3.8) is 0 Å². The summed E-state index contributed by atoms with van der Waals surface area (Å²) in [6.45, 7) is 0.733. The summed E-state index contributed by atoms with van der Waals surface area (Å²) in [6.07, 6.45) is -0.528. The maximum Gasteiger partial charge on any atom is 0.408 e. The third kappa shape index (κ3) is 12.2. The van der Waals surface area contributed by atoms with Crippen LogP contribution in [0.1, 0.15) is 38.3 Å². The highest BCUT2D eigenvalue weighted by atomic mass is 19.3. The van der Waals surface area contributed by atoms with Crippen molar-refractivity contribution in [3.05, 3.63) is 71.8 Å². The minimum atomic E-state index is -3.25. The first-order valence-corrected chi connectivity index (χ1v) is 12.6. The molecule has 0 aliphatic rings. The Labute approximate surface area is 231 Å². The fraction of sp³-hybridized carbons (Fsp3) is 0.429. The maximum atomic E-state index is 13.2. The Morgan fingerprint density at radius 3 is 1.85 bits per heavy atom. The van der Waals surface area contributed by atoms with E-state index in [1.54, 1.807) is 51.1 Å². The SMILES string of the molecule is CC(C)(C)OC(=O)N[C@@H](CCc1ccccc1)C(=O)N[C@@H](COC(F)F)C(=O)N[C@@H](Cc1ccccc1)C(=O)O. The lowest BCUT2D eigenvalue weighted by Crippen LogP contribution is -2.57. The van der Waals surface area contributed by atoms with Crippen LogP contribution in [0.2, 0.25) is 0 Å². The van der Waals surface area contributed by atoms with Gasteiger partial charge in [-0.25, -0.2) is 9.59 Å². The number of benzene rings is 2. The number of rotatable bonds is 14. The first-order chi connectivity index (χ1) is 18.8. The molecule has 0 radical (unpaired) electrons. The summed E-state index contributed by atoms with van der Waals surface area (Å²) in [5.74, 6) is -3.27. The molecule has 4 N–H and O–H groups in total. The summed E-state index contributed by atoms with van der Waals surface area (Å²) >= 11 is 0. The number of carbonyl (C=O) groups excluding carboxylic acids is 3.